The number of fused-ring (bicyclic) bond motifs is 1. The second-order valence-electron chi connectivity index (χ2n) is 5.05. The highest BCUT2D eigenvalue weighted by Gasteiger charge is 2.30. The van der Waals surface area contributed by atoms with E-state index in [0.29, 0.717) is 19.4 Å². The first kappa shape index (κ1) is 14.0. The van der Waals surface area contributed by atoms with Crippen molar-refractivity contribution in [2.75, 3.05) is 13.2 Å². The molecular formula is C15H20FNO2. The number of alkyl halides is 1. The summed E-state index contributed by atoms with van der Waals surface area (Å²) >= 11 is 0. The number of hydrogen-bond acceptors (Lipinski definition) is 2. The number of benzene rings is 1. The molecule has 19 heavy (non-hydrogen) atoms. The minimum absolute atomic E-state index is 0.287. The fourth-order valence-electron chi connectivity index (χ4n) is 2.64. The Morgan fingerprint density at radius 3 is 2.68 bits per heavy atom. The minimum Gasteiger partial charge on any atom is -0.480 e. The first-order valence-electron chi connectivity index (χ1n) is 6.82. The molecule has 1 aliphatic rings. The molecule has 1 aliphatic heterocycles. The van der Waals surface area contributed by atoms with Crippen LogP contribution < -0.4 is 0 Å². The van der Waals surface area contributed by atoms with Crippen LogP contribution >= 0.6 is 0 Å². The molecule has 0 saturated heterocycles. The molecule has 1 heterocycles. The Hall–Kier alpha value is -1.42. The van der Waals surface area contributed by atoms with Gasteiger partial charge < -0.3 is 5.11 Å². The van der Waals surface area contributed by atoms with Gasteiger partial charge in [-0.05, 0) is 43.4 Å². The smallest absolute Gasteiger partial charge is 0.321 e. The first-order chi connectivity index (χ1) is 9.22. The molecule has 0 bridgehead atoms. The summed E-state index contributed by atoms with van der Waals surface area (Å²) in [7, 11) is 0. The number of carboxylic acid groups (broad SMARTS) is 1. The quantitative estimate of drug-likeness (QED) is 0.804. The van der Waals surface area contributed by atoms with Crippen LogP contribution in [0.25, 0.3) is 0 Å². The van der Waals surface area contributed by atoms with Gasteiger partial charge in [-0.2, -0.15) is 0 Å². The van der Waals surface area contributed by atoms with Gasteiger partial charge in [0, 0.05) is 6.54 Å². The van der Waals surface area contributed by atoms with Crippen molar-refractivity contribution in [3.63, 3.8) is 0 Å². The zero-order valence-electron chi connectivity index (χ0n) is 11.0. The van der Waals surface area contributed by atoms with Crippen molar-refractivity contribution < 1.29 is 14.3 Å². The van der Waals surface area contributed by atoms with Gasteiger partial charge in [0.05, 0.1) is 6.67 Å². The number of unbranched alkanes of at least 4 members (excludes halogenated alkanes) is 2. The fourth-order valence-corrected chi connectivity index (χ4v) is 2.64. The normalized spacial score (nSPS) is 19.1. The Kier molecular flexibility index (Phi) is 4.91. The third kappa shape index (κ3) is 3.53. The molecule has 0 amide bonds. The molecular weight excluding hydrogens is 245 g/mol. The van der Waals surface area contributed by atoms with E-state index in [1.165, 1.54) is 5.56 Å². The lowest BCUT2D eigenvalue weighted by Gasteiger charge is -2.34. The van der Waals surface area contributed by atoms with Crippen molar-refractivity contribution in [1.29, 1.82) is 0 Å². The van der Waals surface area contributed by atoms with Crippen LogP contribution in [0.2, 0.25) is 0 Å². The van der Waals surface area contributed by atoms with Gasteiger partial charge in [-0.25, -0.2) is 0 Å². The van der Waals surface area contributed by atoms with Crippen molar-refractivity contribution >= 4 is 5.97 Å². The Morgan fingerprint density at radius 2 is 2.00 bits per heavy atom. The Balaban J connectivity index is 2.02. The summed E-state index contributed by atoms with van der Waals surface area (Å²) in [5.41, 5.74) is 2.35. The van der Waals surface area contributed by atoms with E-state index in [0.717, 1.165) is 24.9 Å². The highest BCUT2D eigenvalue weighted by Crippen LogP contribution is 2.23. The molecule has 0 radical (unpaired) electrons. The zero-order valence-corrected chi connectivity index (χ0v) is 11.0. The van der Waals surface area contributed by atoms with E-state index in [2.05, 4.69) is 6.07 Å². The average molecular weight is 265 g/mol. The van der Waals surface area contributed by atoms with E-state index in [1.807, 2.05) is 23.1 Å². The number of hydrogen-bond donors (Lipinski definition) is 1. The summed E-state index contributed by atoms with van der Waals surface area (Å²) in [6.45, 7) is 1.12. The second kappa shape index (κ2) is 6.66. The van der Waals surface area contributed by atoms with Crippen LogP contribution in [-0.4, -0.2) is 35.2 Å². The highest BCUT2D eigenvalue weighted by atomic mass is 19.1. The highest BCUT2D eigenvalue weighted by molar-refractivity contribution is 5.74. The van der Waals surface area contributed by atoms with Crippen LogP contribution in [0.3, 0.4) is 0 Å². The Morgan fingerprint density at radius 1 is 1.26 bits per heavy atom. The molecule has 1 atom stereocenters. The van der Waals surface area contributed by atoms with Crippen LogP contribution in [0.1, 0.15) is 30.4 Å². The van der Waals surface area contributed by atoms with Gasteiger partial charge in [0.1, 0.15) is 6.04 Å². The molecule has 1 unspecified atom stereocenters. The molecule has 1 aromatic rings. The van der Waals surface area contributed by atoms with Crippen molar-refractivity contribution in [3.05, 3.63) is 35.4 Å². The van der Waals surface area contributed by atoms with Crippen LogP contribution in [-0.2, 0) is 17.8 Å². The van der Waals surface area contributed by atoms with Crippen LogP contribution in [0, 0.1) is 0 Å². The van der Waals surface area contributed by atoms with Gasteiger partial charge in [-0.1, -0.05) is 24.3 Å². The van der Waals surface area contributed by atoms with Crippen LogP contribution in [0.4, 0.5) is 4.39 Å². The second-order valence-corrected chi connectivity index (χ2v) is 5.05. The topological polar surface area (TPSA) is 40.5 Å². The maximum absolute atomic E-state index is 12.1. The van der Waals surface area contributed by atoms with Gasteiger partial charge in [-0.3, -0.25) is 14.1 Å². The lowest BCUT2D eigenvalue weighted by atomic mass is 9.94. The number of nitrogens with zero attached hydrogens (tertiary/aromatic N) is 1. The summed E-state index contributed by atoms with van der Waals surface area (Å²) < 4.78 is 12.1. The lowest BCUT2D eigenvalue weighted by molar-refractivity contribution is -0.144. The van der Waals surface area contributed by atoms with Crippen LogP contribution in [0.5, 0.6) is 0 Å². The predicted molar refractivity (Wildman–Crippen MR) is 71.8 cm³/mol. The molecule has 0 fully saturated rings. The number of aliphatic carboxylic acids is 1. The van der Waals surface area contributed by atoms with Gasteiger partial charge >= 0.3 is 5.97 Å². The number of rotatable bonds is 6. The van der Waals surface area contributed by atoms with Gasteiger partial charge in [0.2, 0.25) is 0 Å². The standard InChI is InChI=1S/C15H20FNO2/c16-8-4-1-5-9-17-11-13-7-3-2-6-12(13)10-14(17)15(18)19/h2-3,6-7,14H,1,4-5,8-11H2,(H,18,19). The molecule has 104 valence electrons. The average Bonchev–Trinajstić information content (AvgIpc) is 2.42. The SMILES string of the molecule is O=C(O)C1Cc2ccccc2CN1CCCCCF. The summed E-state index contributed by atoms with van der Waals surface area (Å²) in [5, 5.41) is 9.34. The van der Waals surface area contributed by atoms with E-state index in [4.69, 9.17) is 0 Å². The molecule has 0 saturated carbocycles. The van der Waals surface area contributed by atoms with E-state index in [1.54, 1.807) is 0 Å². The maximum Gasteiger partial charge on any atom is 0.321 e. The maximum atomic E-state index is 12.1. The minimum atomic E-state index is -0.764. The van der Waals surface area contributed by atoms with Crippen molar-refractivity contribution in [3.8, 4) is 0 Å². The summed E-state index contributed by atoms with van der Waals surface area (Å²) in [6.07, 6.45) is 2.81. The van der Waals surface area contributed by atoms with E-state index >= 15 is 0 Å². The van der Waals surface area contributed by atoms with Gasteiger partial charge in [0.15, 0.2) is 0 Å². The Bertz CT molecular complexity index is 436. The number of carboxylic acids is 1. The fraction of sp³-hybridized carbons (Fsp3) is 0.533. The number of carbonyl (C=O) groups is 1. The molecule has 0 aliphatic carbocycles. The molecule has 0 aromatic heterocycles. The van der Waals surface area contributed by atoms with E-state index in [9.17, 15) is 14.3 Å². The first-order valence-corrected chi connectivity index (χ1v) is 6.82. The molecule has 2 rings (SSSR count). The number of halogens is 1. The van der Waals surface area contributed by atoms with Crippen molar-refractivity contribution in [2.45, 2.75) is 38.3 Å². The zero-order chi connectivity index (χ0) is 13.7. The Labute approximate surface area is 113 Å². The van der Waals surface area contributed by atoms with Crippen molar-refractivity contribution in [1.82, 2.24) is 4.90 Å². The van der Waals surface area contributed by atoms with Crippen molar-refractivity contribution in [2.24, 2.45) is 0 Å². The molecule has 4 heteroatoms. The van der Waals surface area contributed by atoms with Crippen LogP contribution in [0.15, 0.2) is 24.3 Å². The summed E-state index contributed by atoms with van der Waals surface area (Å²) in [4.78, 5) is 13.4. The monoisotopic (exact) mass is 265 g/mol. The summed E-state index contributed by atoms with van der Waals surface area (Å²) in [5.74, 6) is -0.764. The molecule has 3 nitrogen and oxygen atoms in total. The lowest BCUT2D eigenvalue weighted by Crippen LogP contribution is -2.45. The largest absolute Gasteiger partial charge is 0.480 e. The third-order valence-electron chi connectivity index (χ3n) is 3.71. The summed E-state index contributed by atoms with van der Waals surface area (Å²) in [6, 6.07) is 7.56. The van der Waals surface area contributed by atoms with Gasteiger partial charge in [-0.15, -0.1) is 0 Å². The predicted octanol–water partition coefficient (Wildman–Crippen LogP) is 2.64. The molecule has 1 N–H and O–H groups in total. The third-order valence-corrected chi connectivity index (χ3v) is 3.71. The molecule has 1 aromatic carbocycles. The van der Waals surface area contributed by atoms with Gasteiger partial charge in [0.25, 0.3) is 0 Å². The van der Waals surface area contributed by atoms with E-state index in [-0.39, 0.29) is 6.67 Å². The molecule has 0 spiro atoms. The van der Waals surface area contributed by atoms with E-state index < -0.39 is 12.0 Å².